The van der Waals surface area contributed by atoms with Crippen molar-refractivity contribution in [3.8, 4) is 11.5 Å². The smallest absolute Gasteiger partial charge is 0.265 e. The number of ketones is 1. The number of Topliss-reactive ketones (excluding diaryl/α,β-unsaturated/α-hetero) is 1. The number of carbonyl (C=O) groups excluding carboxylic acids is 3. The Labute approximate surface area is 169 Å². The molecule has 2 amide bonds. The number of nitrogens with zero attached hydrogens (tertiary/aromatic N) is 2. The topological polar surface area (TPSA) is 76.2 Å². The van der Waals surface area contributed by atoms with Gasteiger partial charge in [-0.25, -0.2) is 0 Å². The van der Waals surface area contributed by atoms with Crippen LogP contribution in [-0.4, -0.2) is 56.4 Å². The van der Waals surface area contributed by atoms with Crippen LogP contribution in [0.4, 0.5) is 5.69 Å². The molecule has 2 aromatic carbocycles. The SMILES string of the molecule is COc1ccc(C(C)=O)cc1CC(=O)N1CC(C(=O)N(C)C)Oc2ccccc21. The molecule has 0 saturated carbocycles. The summed E-state index contributed by atoms with van der Waals surface area (Å²) in [5.74, 6) is 0.502. The summed E-state index contributed by atoms with van der Waals surface area (Å²) in [6, 6.07) is 12.2. The van der Waals surface area contributed by atoms with E-state index in [0.29, 0.717) is 28.3 Å². The third-order valence-electron chi connectivity index (χ3n) is 4.82. The summed E-state index contributed by atoms with van der Waals surface area (Å²) in [7, 11) is 4.82. The van der Waals surface area contributed by atoms with Gasteiger partial charge in [0, 0.05) is 25.2 Å². The zero-order chi connectivity index (χ0) is 21.1. The maximum absolute atomic E-state index is 13.2. The van der Waals surface area contributed by atoms with Crippen LogP contribution in [0.5, 0.6) is 11.5 Å². The molecule has 1 aliphatic heterocycles. The summed E-state index contributed by atoms with van der Waals surface area (Å²) in [5, 5.41) is 0. The zero-order valence-electron chi connectivity index (χ0n) is 17.0. The van der Waals surface area contributed by atoms with Crippen LogP contribution in [0.25, 0.3) is 0 Å². The molecule has 0 saturated heterocycles. The van der Waals surface area contributed by atoms with Crippen LogP contribution in [0.15, 0.2) is 42.5 Å². The van der Waals surface area contributed by atoms with E-state index in [2.05, 4.69) is 0 Å². The fourth-order valence-electron chi connectivity index (χ4n) is 3.28. The van der Waals surface area contributed by atoms with Crippen molar-refractivity contribution in [2.24, 2.45) is 0 Å². The van der Waals surface area contributed by atoms with Crippen LogP contribution >= 0.6 is 0 Å². The largest absolute Gasteiger partial charge is 0.496 e. The van der Waals surface area contributed by atoms with E-state index in [9.17, 15) is 14.4 Å². The number of hydrogen-bond donors (Lipinski definition) is 0. The molecule has 1 aliphatic rings. The van der Waals surface area contributed by atoms with E-state index in [1.54, 1.807) is 55.4 Å². The highest BCUT2D eigenvalue weighted by Crippen LogP contribution is 2.34. The zero-order valence-corrected chi connectivity index (χ0v) is 17.0. The Morgan fingerprint density at radius 1 is 1.17 bits per heavy atom. The molecule has 1 heterocycles. The lowest BCUT2D eigenvalue weighted by Crippen LogP contribution is -2.50. The highest BCUT2D eigenvalue weighted by Gasteiger charge is 2.34. The summed E-state index contributed by atoms with van der Waals surface area (Å²) in [6.07, 6.45) is -0.754. The standard InChI is InChI=1S/C22H24N2O5/c1-14(25)15-9-10-18(28-4)16(11-15)12-21(26)24-13-20(22(27)23(2)3)29-19-8-6-5-7-17(19)24/h5-11,20H,12-13H2,1-4H3. The average Bonchev–Trinajstić information content (AvgIpc) is 2.72. The predicted octanol–water partition coefficient (Wildman–Crippen LogP) is 2.32. The lowest BCUT2D eigenvalue weighted by Gasteiger charge is -2.35. The molecule has 29 heavy (non-hydrogen) atoms. The number of likely N-dealkylation sites (N-methyl/N-ethyl adjacent to an activating group) is 1. The van der Waals surface area contributed by atoms with Crippen molar-refractivity contribution < 1.29 is 23.9 Å². The number of methoxy groups -OCH3 is 1. The number of benzene rings is 2. The Hall–Kier alpha value is -3.35. The first kappa shape index (κ1) is 20.4. The molecule has 0 radical (unpaired) electrons. The number of hydrogen-bond acceptors (Lipinski definition) is 5. The lowest BCUT2D eigenvalue weighted by atomic mass is 10.0. The van der Waals surface area contributed by atoms with Gasteiger partial charge in [0.2, 0.25) is 5.91 Å². The van der Waals surface area contributed by atoms with E-state index in [-0.39, 0.29) is 30.6 Å². The molecular weight excluding hydrogens is 372 g/mol. The number of anilines is 1. The predicted molar refractivity (Wildman–Crippen MR) is 109 cm³/mol. The van der Waals surface area contributed by atoms with Crippen LogP contribution in [0.3, 0.4) is 0 Å². The summed E-state index contributed by atoms with van der Waals surface area (Å²) in [6.45, 7) is 1.59. The van der Waals surface area contributed by atoms with Gasteiger partial charge in [-0.3, -0.25) is 14.4 Å². The Bertz CT molecular complexity index is 954. The van der Waals surface area contributed by atoms with Crippen molar-refractivity contribution in [1.82, 2.24) is 4.90 Å². The first-order valence-electron chi connectivity index (χ1n) is 9.27. The molecule has 152 valence electrons. The van der Waals surface area contributed by atoms with Gasteiger partial charge in [-0.05, 0) is 37.3 Å². The molecule has 1 unspecified atom stereocenters. The first-order valence-corrected chi connectivity index (χ1v) is 9.27. The van der Waals surface area contributed by atoms with Crippen LogP contribution in [0, 0.1) is 0 Å². The molecule has 0 bridgehead atoms. The summed E-state index contributed by atoms with van der Waals surface area (Å²) in [4.78, 5) is 40.4. The van der Waals surface area contributed by atoms with Gasteiger partial charge in [-0.1, -0.05) is 12.1 Å². The Morgan fingerprint density at radius 2 is 1.90 bits per heavy atom. The number of carbonyl (C=O) groups is 3. The van der Waals surface area contributed by atoms with Gasteiger partial charge in [0.15, 0.2) is 11.9 Å². The van der Waals surface area contributed by atoms with E-state index in [4.69, 9.17) is 9.47 Å². The van der Waals surface area contributed by atoms with Gasteiger partial charge >= 0.3 is 0 Å². The number of ether oxygens (including phenoxy) is 2. The first-order chi connectivity index (χ1) is 13.8. The van der Waals surface area contributed by atoms with Crippen LogP contribution in [0.2, 0.25) is 0 Å². The normalized spacial score (nSPS) is 15.2. The third-order valence-corrected chi connectivity index (χ3v) is 4.82. The van der Waals surface area contributed by atoms with Gasteiger partial charge in [0.05, 0.1) is 25.8 Å². The van der Waals surface area contributed by atoms with Crippen molar-refractivity contribution in [1.29, 1.82) is 0 Å². The monoisotopic (exact) mass is 396 g/mol. The van der Waals surface area contributed by atoms with E-state index < -0.39 is 6.10 Å². The van der Waals surface area contributed by atoms with Crippen molar-refractivity contribution in [2.75, 3.05) is 32.6 Å². The molecule has 0 N–H and O–H groups in total. The van der Waals surface area contributed by atoms with Gasteiger partial charge < -0.3 is 19.3 Å². The fourth-order valence-corrected chi connectivity index (χ4v) is 3.28. The number of fused-ring (bicyclic) bond motifs is 1. The molecule has 0 fully saturated rings. The third kappa shape index (κ3) is 4.23. The molecule has 1 atom stereocenters. The van der Waals surface area contributed by atoms with E-state index in [1.165, 1.54) is 18.9 Å². The molecule has 7 nitrogen and oxygen atoms in total. The van der Waals surface area contributed by atoms with Crippen LogP contribution in [-0.2, 0) is 16.0 Å². The van der Waals surface area contributed by atoms with Crippen molar-refractivity contribution in [3.63, 3.8) is 0 Å². The molecule has 0 aromatic heterocycles. The molecule has 3 rings (SSSR count). The molecule has 2 aromatic rings. The fraction of sp³-hybridized carbons (Fsp3) is 0.318. The second kappa shape index (κ2) is 8.34. The minimum Gasteiger partial charge on any atom is -0.496 e. The van der Waals surface area contributed by atoms with Crippen molar-refractivity contribution >= 4 is 23.3 Å². The number of rotatable bonds is 5. The summed E-state index contributed by atoms with van der Waals surface area (Å²) >= 11 is 0. The highest BCUT2D eigenvalue weighted by atomic mass is 16.5. The minimum absolute atomic E-state index is 0.0293. The molecule has 7 heteroatoms. The second-order valence-corrected chi connectivity index (χ2v) is 7.07. The number of para-hydroxylation sites is 2. The number of amides is 2. The summed E-state index contributed by atoms with van der Waals surface area (Å²) in [5.41, 5.74) is 1.74. The average molecular weight is 396 g/mol. The minimum atomic E-state index is -0.783. The van der Waals surface area contributed by atoms with E-state index in [1.807, 2.05) is 6.07 Å². The van der Waals surface area contributed by atoms with E-state index in [0.717, 1.165) is 0 Å². The van der Waals surface area contributed by atoms with Gasteiger partial charge in [0.1, 0.15) is 11.5 Å². The molecular formula is C22H24N2O5. The molecule has 0 aliphatic carbocycles. The highest BCUT2D eigenvalue weighted by molar-refractivity contribution is 5.99. The quantitative estimate of drug-likeness (QED) is 0.725. The van der Waals surface area contributed by atoms with E-state index >= 15 is 0 Å². The van der Waals surface area contributed by atoms with Gasteiger partial charge in [0.25, 0.3) is 5.91 Å². The maximum Gasteiger partial charge on any atom is 0.265 e. The Balaban J connectivity index is 1.93. The van der Waals surface area contributed by atoms with Gasteiger partial charge in [-0.2, -0.15) is 0 Å². The second-order valence-electron chi connectivity index (χ2n) is 7.07. The lowest BCUT2D eigenvalue weighted by molar-refractivity contribution is -0.136. The Morgan fingerprint density at radius 3 is 2.55 bits per heavy atom. The van der Waals surface area contributed by atoms with Crippen molar-refractivity contribution in [3.05, 3.63) is 53.6 Å². The summed E-state index contributed by atoms with van der Waals surface area (Å²) < 4.78 is 11.2. The van der Waals surface area contributed by atoms with Crippen LogP contribution in [0.1, 0.15) is 22.8 Å². The maximum atomic E-state index is 13.2. The molecule has 0 spiro atoms. The van der Waals surface area contributed by atoms with Crippen molar-refractivity contribution in [2.45, 2.75) is 19.4 Å². The van der Waals surface area contributed by atoms with Crippen LogP contribution < -0.4 is 14.4 Å². The van der Waals surface area contributed by atoms with Gasteiger partial charge in [-0.15, -0.1) is 0 Å². The Kier molecular flexibility index (Phi) is 5.87.